The summed E-state index contributed by atoms with van der Waals surface area (Å²) in [6.45, 7) is 2.85. The minimum absolute atomic E-state index is 0.0112. The van der Waals surface area contributed by atoms with Gasteiger partial charge in [0.25, 0.3) is 0 Å². The smallest absolute Gasteiger partial charge is 0.422 e. The van der Waals surface area contributed by atoms with Crippen molar-refractivity contribution in [2.45, 2.75) is 6.18 Å². The largest absolute Gasteiger partial charge is 0.490 e. The topological polar surface area (TPSA) is 85.0 Å². The molecule has 12 heteroatoms. The molecule has 1 aliphatic heterocycles. The van der Waals surface area contributed by atoms with Crippen LogP contribution in [-0.4, -0.2) is 55.4 Å². The molecule has 3 aromatic rings. The molecule has 37 heavy (non-hydrogen) atoms. The average Bonchev–Trinajstić information content (AvgIpc) is 2.86. The maximum Gasteiger partial charge on any atom is 0.422 e. The summed E-state index contributed by atoms with van der Waals surface area (Å²) in [5.41, 5.74) is -1.33. The van der Waals surface area contributed by atoms with Gasteiger partial charge in [0.15, 0.2) is 5.75 Å². The molecule has 2 N–H and O–H groups in total. The molecule has 0 saturated carbocycles. The Bertz CT molecular complexity index is 1210. The molecule has 4 rings (SSSR count). The van der Waals surface area contributed by atoms with Crippen LogP contribution in [0.4, 0.5) is 29.3 Å². The number of nitrogens with one attached hydrogen (secondary N) is 2. The number of alkyl halides is 3. The fourth-order valence-electron chi connectivity index (χ4n) is 3.65. The molecule has 2 amide bonds. The van der Waals surface area contributed by atoms with E-state index in [1.54, 1.807) is 42.7 Å². The first-order valence-electron chi connectivity index (χ1n) is 11.4. The minimum atomic E-state index is -4.83. The predicted molar refractivity (Wildman–Crippen MR) is 133 cm³/mol. The van der Waals surface area contributed by atoms with Crippen LogP contribution in [0.1, 0.15) is 5.56 Å². The summed E-state index contributed by atoms with van der Waals surface area (Å²) in [6.07, 6.45) is -1.70. The molecule has 0 radical (unpaired) electrons. The first-order valence-corrected chi connectivity index (χ1v) is 11.8. The van der Waals surface area contributed by atoms with Crippen molar-refractivity contribution in [2.75, 3.05) is 50.1 Å². The molecule has 1 aliphatic rings. The van der Waals surface area contributed by atoms with E-state index in [2.05, 4.69) is 15.6 Å². The van der Waals surface area contributed by atoms with Gasteiger partial charge in [0.1, 0.15) is 23.7 Å². The fourth-order valence-corrected chi connectivity index (χ4v) is 3.86. The summed E-state index contributed by atoms with van der Waals surface area (Å²) in [5.74, 6) is 0.420. The summed E-state index contributed by atoms with van der Waals surface area (Å²) in [4.78, 5) is 18.5. The Morgan fingerprint density at radius 2 is 1.81 bits per heavy atom. The lowest BCUT2D eigenvalue weighted by Gasteiger charge is -2.27. The normalized spacial score (nSPS) is 14.2. The van der Waals surface area contributed by atoms with E-state index in [9.17, 15) is 18.0 Å². The highest BCUT2D eigenvalue weighted by Gasteiger charge is 2.39. The predicted octanol–water partition coefficient (Wildman–Crippen LogP) is 5.90. The van der Waals surface area contributed by atoms with Crippen LogP contribution in [-0.2, 0) is 10.9 Å². The van der Waals surface area contributed by atoms with E-state index in [0.29, 0.717) is 50.0 Å². The highest BCUT2D eigenvalue weighted by Crippen LogP contribution is 2.45. The van der Waals surface area contributed by atoms with Crippen LogP contribution in [0.2, 0.25) is 5.02 Å². The maximum atomic E-state index is 14.0. The van der Waals surface area contributed by atoms with E-state index in [-0.39, 0.29) is 11.6 Å². The van der Waals surface area contributed by atoms with Gasteiger partial charge in [0.2, 0.25) is 0 Å². The number of carbonyl (C=O) groups is 1. The number of morpholine rings is 1. The summed E-state index contributed by atoms with van der Waals surface area (Å²) in [6, 6.07) is 11.2. The molecular weight excluding hydrogens is 513 g/mol. The number of urea groups is 1. The third kappa shape index (κ3) is 7.48. The van der Waals surface area contributed by atoms with Crippen molar-refractivity contribution in [1.82, 2.24) is 9.88 Å². The zero-order valence-corrected chi connectivity index (χ0v) is 20.3. The van der Waals surface area contributed by atoms with Crippen molar-refractivity contribution in [3.8, 4) is 17.2 Å². The standard InChI is InChI=1S/C25H24ClF3N4O4/c26-20-4-5-21(22(25(27,28)29)23(20)36-15-12-33-10-13-35-14-11-33)32-24(34)31-17-2-1-3-19(16-17)37-18-6-8-30-9-7-18/h1-9,16H,10-15H2,(H2,31,32,34). The van der Waals surface area contributed by atoms with E-state index in [1.807, 2.05) is 4.90 Å². The zero-order chi connectivity index (χ0) is 26.3. The average molecular weight is 537 g/mol. The lowest BCUT2D eigenvalue weighted by Crippen LogP contribution is -2.38. The van der Waals surface area contributed by atoms with E-state index in [1.165, 1.54) is 12.1 Å². The molecule has 8 nitrogen and oxygen atoms in total. The molecule has 1 saturated heterocycles. The second kappa shape index (κ2) is 12.1. The highest BCUT2D eigenvalue weighted by molar-refractivity contribution is 6.32. The number of carbonyl (C=O) groups excluding carboxylic acids is 1. The number of aromatic nitrogens is 1. The summed E-state index contributed by atoms with van der Waals surface area (Å²) in [5, 5.41) is 4.56. The van der Waals surface area contributed by atoms with Gasteiger partial charge >= 0.3 is 12.2 Å². The van der Waals surface area contributed by atoms with Gasteiger partial charge < -0.3 is 24.8 Å². The Balaban J connectivity index is 1.46. The second-order valence-corrected chi connectivity index (χ2v) is 8.40. The number of ether oxygens (including phenoxy) is 3. The Kier molecular flexibility index (Phi) is 8.70. The molecule has 0 aliphatic carbocycles. The van der Waals surface area contributed by atoms with Crippen LogP contribution in [0.5, 0.6) is 17.2 Å². The monoisotopic (exact) mass is 536 g/mol. The SMILES string of the molecule is O=C(Nc1cccc(Oc2ccncc2)c1)Nc1ccc(Cl)c(OCCN2CCOCC2)c1C(F)(F)F. The van der Waals surface area contributed by atoms with E-state index < -0.39 is 29.2 Å². The van der Waals surface area contributed by atoms with Gasteiger partial charge in [-0.2, -0.15) is 13.2 Å². The summed E-state index contributed by atoms with van der Waals surface area (Å²) >= 11 is 6.07. The number of hydrogen-bond donors (Lipinski definition) is 2. The Labute approximate surface area is 216 Å². The Hall–Kier alpha value is -3.54. The van der Waals surface area contributed by atoms with Crippen molar-refractivity contribution < 1.29 is 32.2 Å². The van der Waals surface area contributed by atoms with Crippen LogP contribution < -0.4 is 20.1 Å². The Morgan fingerprint density at radius 3 is 2.54 bits per heavy atom. The van der Waals surface area contributed by atoms with Crippen molar-refractivity contribution >= 4 is 29.0 Å². The zero-order valence-electron chi connectivity index (χ0n) is 19.6. The number of pyridine rings is 1. The number of hydrogen-bond acceptors (Lipinski definition) is 6. The number of halogens is 4. The van der Waals surface area contributed by atoms with E-state index in [0.717, 1.165) is 6.07 Å². The highest BCUT2D eigenvalue weighted by atomic mass is 35.5. The van der Waals surface area contributed by atoms with Crippen LogP contribution in [0.15, 0.2) is 60.9 Å². The van der Waals surface area contributed by atoms with Crippen LogP contribution in [0.3, 0.4) is 0 Å². The number of nitrogens with zero attached hydrogens (tertiary/aromatic N) is 2. The molecular formula is C25H24ClF3N4O4. The van der Waals surface area contributed by atoms with E-state index >= 15 is 0 Å². The Morgan fingerprint density at radius 1 is 1.05 bits per heavy atom. The minimum Gasteiger partial charge on any atom is -0.490 e. The van der Waals surface area contributed by atoms with Gasteiger partial charge in [-0.15, -0.1) is 0 Å². The quantitative estimate of drug-likeness (QED) is 0.373. The van der Waals surface area contributed by atoms with Crippen molar-refractivity contribution in [3.63, 3.8) is 0 Å². The molecule has 1 aromatic heterocycles. The number of anilines is 2. The van der Waals surface area contributed by atoms with Gasteiger partial charge in [0, 0.05) is 43.8 Å². The molecule has 0 unspecified atom stereocenters. The van der Waals surface area contributed by atoms with Crippen LogP contribution in [0, 0.1) is 0 Å². The molecule has 0 spiro atoms. The number of benzene rings is 2. The number of rotatable bonds is 8. The third-order valence-electron chi connectivity index (χ3n) is 5.38. The van der Waals surface area contributed by atoms with Crippen molar-refractivity contribution in [2.24, 2.45) is 0 Å². The number of amides is 2. The second-order valence-electron chi connectivity index (χ2n) is 7.99. The lowest BCUT2D eigenvalue weighted by molar-refractivity contribution is -0.138. The molecule has 2 heterocycles. The van der Waals surface area contributed by atoms with Gasteiger partial charge in [-0.05, 0) is 36.4 Å². The first kappa shape index (κ1) is 26.5. The molecule has 196 valence electrons. The van der Waals surface area contributed by atoms with Crippen molar-refractivity contribution in [3.05, 3.63) is 71.5 Å². The summed E-state index contributed by atoms with van der Waals surface area (Å²) < 4.78 is 58.6. The molecule has 0 bridgehead atoms. The van der Waals surface area contributed by atoms with Gasteiger partial charge in [-0.1, -0.05) is 17.7 Å². The molecule has 2 aromatic carbocycles. The fraction of sp³-hybridized carbons (Fsp3) is 0.280. The van der Waals surface area contributed by atoms with Crippen LogP contribution in [0.25, 0.3) is 0 Å². The van der Waals surface area contributed by atoms with Gasteiger partial charge in [-0.3, -0.25) is 9.88 Å². The first-order chi connectivity index (χ1) is 17.8. The van der Waals surface area contributed by atoms with E-state index in [4.69, 9.17) is 25.8 Å². The van der Waals surface area contributed by atoms with Crippen LogP contribution >= 0.6 is 11.6 Å². The van der Waals surface area contributed by atoms with Gasteiger partial charge in [-0.25, -0.2) is 4.79 Å². The van der Waals surface area contributed by atoms with Crippen molar-refractivity contribution in [1.29, 1.82) is 0 Å². The molecule has 0 atom stereocenters. The maximum absolute atomic E-state index is 14.0. The lowest BCUT2D eigenvalue weighted by atomic mass is 10.1. The third-order valence-corrected chi connectivity index (χ3v) is 5.67. The van der Waals surface area contributed by atoms with Gasteiger partial charge in [0.05, 0.1) is 23.9 Å². The molecule has 1 fully saturated rings. The summed E-state index contributed by atoms with van der Waals surface area (Å²) in [7, 11) is 0.